The normalized spacial score (nSPS) is 12.6. The van der Waals surface area contributed by atoms with Gasteiger partial charge in [-0.2, -0.15) is 0 Å². The highest BCUT2D eigenvalue weighted by Crippen LogP contribution is 2.25. The molecule has 0 aliphatic heterocycles. The summed E-state index contributed by atoms with van der Waals surface area (Å²) in [7, 11) is 0. The van der Waals surface area contributed by atoms with E-state index in [1.54, 1.807) is 6.92 Å². The van der Waals surface area contributed by atoms with Gasteiger partial charge in [-0.25, -0.2) is 0 Å². The van der Waals surface area contributed by atoms with Gasteiger partial charge in [-0.05, 0) is 52.9 Å². The maximum absolute atomic E-state index is 12.4. The van der Waals surface area contributed by atoms with E-state index < -0.39 is 6.10 Å². The highest BCUT2D eigenvalue weighted by atomic mass is 16.5. The molecule has 1 atom stereocenters. The summed E-state index contributed by atoms with van der Waals surface area (Å²) in [6, 6.07) is 21.9. The molecular formula is C23H25NO2. The molecule has 0 aliphatic rings. The van der Waals surface area contributed by atoms with Gasteiger partial charge in [-0.3, -0.25) is 4.79 Å². The third-order valence-corrected chi connectivity index (χ3v) is 4.42. The Kier molecular flexibility index (Phi) is 4.99. The minimum absolute atomic E-state index is 0.0948. The predicted octanol–water partition coefficient (Wildman–Crippen LogP) is 5.54. The Labute approximate surface area is 155 Å². The summed E-state index contributed by atoms with van der Waals surface area (Å²) >= 11 is 0. The van der Waals surface area contributed by atoms with Crippen LogP contribution in [0.5, 0.6) is 5.75 Å². The van der Waals surface area contributed by atoms with Gasteiger partial charge in [0.1, 0.15) is 5.75 Å². The Hall–Kier alpha value is -2.81. The van der Waals surface area contributed by atoms with E-state index in [9.17, 15) is 4.79 Å². The van der Waals surface area contributed by atoms with Crippen LogP contribution in [0.2, 0.25) is 0 Å². The molecule has 134 valence electrons. The lowest BCUT2D eigenvalue weighted by Gasteiger charge is -2.20. The second-order valence-corrected chi connectivity index (χ2v) is 7.59. The van der Waals surface area contributed by atoms with Crippen molar-refractivity contribution >= 4 is 22.4 Å². The van der Waals surface area contributed by atoms with Crippen LogP contribution < -0.4 is 10.1 Å². The van der Waals surface area contributed by atoms with Gasteiger partial charge in [-0.1, -0.05) is 63.2 Å². The summed E-state index contributed by atoms with van der Waals surface area (Å²) in [4.78, 5) is 12.4. The minimum atomic E-state index is -0.582. The quantitative estimate of drug-likeness (QED) is 0.672. The number of amides is 1. The lowest BCUT2D eigenvalue weighted by atomic mass is 9.87. The lowest BCUT2D eigenvalue weighted by Crippen LogP contribution is -2.30. The highest BCUT2D eigenvalue weighted by Gasteiger charge is 2.17. The molecular weight excluding hydrogens is 322 g/mol. The van der Waals surface area contributed by atoms with Crippen LogP contribution in [0, 0.1) is 0 Å². The van der Waals surface area contributed by atoms with Gasteiger partial charge in [0.25, 0.3) is 5.91 Å². The third kappa shape index (κ3) is 4.23. The van der Waals surface area contributed by atoms with Gasteiger partial charge in [0, 0.05) is 5.69 Å². The zero-order valence-corrected chi connectivity index (χ0v) is 15.7. The number of hydrogen-bond acceptors (Lipinski definition) is 2. The SMILES string of the molecule is CC(Oc1ccc(C(C)(C)C)cc1)C(=O)Nc1ccc2ccccc2c1. The number of rotatable bonds is 4. The van der Waals surface area contributed by atoms with E-state index in [0.717, 1.165) is 16.5 Å². The van der Waals surface area contributed by atoms with Gasteiger partial charge >= 0.3 is 0 Å². The molecule has 0 fully saturated rings. The van der Waals surface area contributed by atoms with Crippen LogP contribution in [0.4, 0.5) is 5.69 Å². The summed E-state index contributed by atoms with van der Waals surface area (Å²) in [6.45, 7) is 8.27. The molecule has 0 aliphatic carbocycles. The van der Waals surface area contributed by atoms with Gasteiger partial charge in [0.15, 0.2) is 6.10 Å². The molecule has 0 bridgehead atoms. The topological polar surface area (TPSA) is 38.3 Å². The number of nitrogens with one attached hydrogen (secondary N) is 1. The Morgan fingerprint density at radius 2 is 1.58 bits per heavy atom. The van der Waals surface area contributed by atoms with Crippen LogP contribution in [0.15, 0.2) is 66.7 Å². The standard InChI is InChI=1S/C23H25NO2/c1-16(26-21-13-10-19(11-14-21)23(2,3)4)22(25)24-20-12-9-17-7-5-6-8-18(17)15-20/h5-16H,1-4H3,(H,24,25). The lowest BCUT2D eigenvalue weighted by molar-refractivity contribution is -0.122. The van der Waals surface area contributed by atoms with Crippen LogP contribution in [-0.4, -0.2) is 12.0 Å². The third-order valence-electron chi connectivity index (χ3n) is 4.42. The number of ether oxygens (including phenoxy) is 1. The van der Waals surface area contributed by atoms with E-state index in [1.807, 2.05) is 66.7 Å². The fourth-order valence-corrected chi connectivity index (χ4v) is 2.80. The van der Waals surface area contributed by atoms with Gasteiger partial charge in [0.05, 0.1) is 0 Å². The first-order valence-corrected chi connectivity index (χ1v) is 8.90. The first kappa shape index (κ1) is 18.0. The summed E-state index contributed by atoms with van der Waals surface area (Å²) in [6.07, 6.45) is -0.582. The number of carbonyl (C=O) groups is 1. The van der Waals surface area contributed by atoms with E-state index in [0.29, 0.717) is 5.75 Å². The van der Waals surface area contributed by atoms with Crippen molar-refractivity contribution in [2.75, 3.05) is 5.32 Å². The van der Waals surface area contributed by atoms with Crippen LogP contribution in [0.25, 0.3) is 10.8 Å². The van der Waals surface area contributed by atoms with E-state index in [1.165, 1.54) is 5.56 Å². The molecule has 3 rings (SSSR count). The zero-order chi connectivity index (χ0) is 18.7. The Bertz CT molecular complexity index is 907. The molecule has 0 saturated carbocycles. The molecule has 3 nitrogen and oxygen atoms in total. The van der Waals surface area contributed by atoms with Crippen LogP contribution in [0.1, 0.15) is 33.3 Å². The summed E-state index contributed by atoms with van der Waals surface area (Å²) in [5, 5.41) is 5.17. The Balaban J connectivity index is 1.65. The Morgan fingerprint density at radius 1 is 0.923 bits per heavy atom. The fraction of sp³-hybridized carbons (Fsp3) is 0.261. The van der Waals surface area contributed by atoms with Crippen molar-refractivity contribution in [3.8, 4) is 5.75 Å². The summed E-state index contributed by atoms with van der Waals surface area (Å²) < 4.78 is 5.79. The smallest absolute Gasteiger partial charge is 0.265 e. The van der Waals surface area contributed by atoms with Gasteiger partial charge < -0.3 is 10.1 Å². The number of anilines is 1. The van der Waals surface area contributed by atoms with Crippen LogP contribution >= 0.6 is 0 Å². The molecule has 0 aromatic heterocycles. The molecule has 1 N–H and O–H groups in total. The van der Waals surface area contributed by atoms with Crippen molar-refractivity contribution in [2.45, 2.75) is 39.2 Å². The molecule has 0 spiro atoms. The van der Waals surface area contributed by atoms with Crippen molar-refractivity contribution in [3.05, 3.63) is 72.3 Å². The Morgan fingerprint density at radius 3 is 2.23 bits per heavy atom. The molecule has 0 heterocycles. The first-order valence-electron chi connectivity index (χ1n) is 8.90. The fourth-order valence-electron chi connectivity index (χ4n) is 2.80. The van der Waals surface area contributed by atoms with Gasteiger partial charge in [-0.15, -0.1) is 0 Å². The average molecular weight is 347 g/mol. The average Bonchev–Trinajstić information content (AvgIpc) is 2.61. The molecule has 26 heavy (non-hydrogen) atoms. The second-order valence-electron chi connectivity index (χ2n) is 7.59. The molecule has 3 aromatic rings. The van der Waals surface area contributed by atoms with E-state index in [2.05, 4.69) is 26.1 Å². The number of carbonyl (C=O) groups excluding carboxylic acids is 1. The largest absolute Gasteiger partial charge is 0.481 e. The van der Waals surface area contributed by atoms with E-state index in [-0.39, 0.29) is 11.3 Å². The monoisotopic (exact) mass is 347 g/mol. The molecule has 3 aromatic carbocycles. The van der Waals surface area contributed by atoms with Crippen molar-refractivity contribution in [1.82, 2.24) is 0 Å². The predicted molar refractivity (Wildman–Crippen MR) is 108 cm³/mol. The summed E-state index contributed by atoms with van der Waals surface area (Å²) in [5.74, 6) is 0.527. The number of hydrogen-bond donors (Lipinski definition) is 1. The number of benzene rings is 3. The van der Waals surface area contributed by atoms with Crippen molar-refractivity contribution in [1.29, 1.82) is 0 Å². The second kappa shape index (κ2) is 7.20. The zero-order valence-electron chi connectivity index (χ0n) is 15.7. The molecule has 1 unspecified atom stereocenters. The van der Waals surface area contributed by atoms with Crippen LogP contribution in [-0.2, 0) is 10.2 Å². The highest BCUT2D eigenvalue weighted by molar-refractivity contribution is 5.96. The minimum Gasteiger partial charge on any atom is -0.481 e. The van der Waals surface area contributed by atoms with E-state index in [4.69, 9.17) is 4.74 Å². The maximum atomic E-state index is 12.4. The van der Waals surface area contributed by atoms with Crippen LogP contribution in [0.3, 0.4) is 0 Å². The summed E-state index contributed by atoms with van der Waals surface area (Å²) in [5.41, 5.74) is 2.10. The molecule has 3 heteroatoms. The van der Waals surface area contributed by atoms with Crippen molar-refractivity contribution in [3.63, 3.8) is 0 Å². The molecule has 1 amide bonds. The van der Waals surface area contributed by atoms with Crippen molar-refractivity contribution < 1.29 is 9.53 Å². The van der Waals surface area contributed by atoms with E-state index >= 15 is 0 Å². The molecule has 0 saturated heterocycles. The maximum Gasteiger partial charge on any atom is 0.265 e. The van der Waals surface area contributed by atoms with Crippen molar-refractivity contribution in [2.24, 2.45) is 0 Å². The molecule has 0 radical (unpaired) electrons. The van der Waals surface area contributed by atoms with Gasteiger partial charge in [0.2, 0.25) is 0 Å². The number of fused-ring (bicyclic) bond motifs is 1. The first-order chi connectivity index (χ1) is 12.3.